The van der Waals surface area contributed by atoms with Gasteiger partial charge in [0.15, 0.2) is 49.2 Å². The van der Waals surface area contributed by atoms with Crippen molar-refractivity contribution in [2.75, 3.05) is 13.2 Å². The third kappa shape index (κ3) is 14.0. The maximum absolute atomic E-state index is 13.6. The van der Waals surface area contributed by atoms with Crippen molar-refractivity contribution in [3.05, 3.63) is 0 Å². The van der Waals surface area contributed by atoms with Crippen molar-refractivity contribution in [3.63, 3.8) is 0 Å². The van der Waals surface area contributed by atoms with Crippen LogP contribution in [0.5, 0.6) is 0 Å². The number of carbonyl (C=O) groups excluding carboxylic acids is 9. The van der Waals surface area contributed by atoms with E-state index in [0.29, 0.717) is 0 Å². The SMILES string of the molecule is CC(=O)OC1[C@H](OC(C)=O)C(C(=O)OCC2O[C@@H](O[C@@H]3OC(COC(=O)C4O[C@@H](OC(C)=O)C(C)[C@@H](OC(C)=O)[C@H]4OC(C)=O)[C@H](O)C(O)C3O)C(O)[C@@H](O)[C@H]2O)O[C@H](OC(C)=O)[C@@H]1OC(C)=O. The zero-order valence-corrected chi connectivity index (χ0v) is 37.5. The van der Waals surface area contributed by atoms with Gasteiger partial charge in [0.2, 0.25) is 18.7 Å². The first-order valence-corrected chi connectivity index (χ1v) is 20.6. The van der Waals surface area contributed by atoms with Gasteiger partial charge in [0.25, 0.3) is 0 Å². The zero-order valence-electron chi connectivity index (χ0n) is 37.5. The lowest BCUT2D eigenvalue weighted by Crippen LogP contribution is -2.65. The predicted molar refractivity (Wildman–Crippen MR) is 204 cm³/mol. The van der Waals surface area contributed by atoms with E-state index in [1.165, 1.54) is 6.92 Å². The van der Waals surface area contributed by atoms with Crippen LogP contribution in [0.25, 0.3) is 0 Å². The minimum Gasteiger partial charge on any atom is -0.461 e. The van der Waals surface area contributed by atoms with E-state index in [0.717, 1.165) is 48.5 Å². The Balaban J connectivity index is 1.50. The number of hydrogen-bond acceptors (Lipinski definition) is 29. The Bertz CT molecular complexity index is 1860. The molecule has 0 aromatic heterocycles. The van der Waals surface area contributed by atoms with Gasteiger partial charge in [-0.15, -0.1) is 0 Å². The monoisotopic (exact) mass is 986 g/mol. The van der Waals surface area contributed by atoms with Gasteiger partial charge in [-0.05, 0) is 0 Å². The fraction of sp³-hybridized carbons (Fsp3) is 0.769. The Hall–Kier alpha value is -5.21. The third-order valence-electron chi connectivity index (χ3n) is 10.3. The summed E-state index contributed by atoms with van der Waals surface area (Å²) >= 11 is 0. The number of esters is 9. The summed E-state index contributed by atoms with van der Waals surface area (Å²) in [6, 6.07) is 0. The van der Waals surface area contributed by atoms with Gasteiger partial charge < -0.3 is 97.0 Å². The van der Waals surface area contributed by atoms with Crippen LogP contribution in [0.1, 0.15) is 55.4 Å². The molecule has 4 heterocycles. The fourth-order valence-corrected chi connectivity index (χ4v) is 7.33. The third-order valence-corrected chi connectivity index (χ3v) is 10.3. The number of aliphatic hydroxyl groups is 6. The molecule has 68 heavy (non-hydrogen) atoms. The molecule has 0 amide bonds. The molecule has 29 nitrogen and oxygen atoms in total. The van der Waals surface area contributed by atoms with Crippen LogP contribution in [-0.4, -0.2) is 214 Å². The van der Waals surface area contributed by atoms with Crippen molar-refractivity contribution in [3.8, 4) is 0 Å². The van der Waals surface area contributed by atoms with Crippen LogP contribution in [0, 0.1) is 5.92 Å². The maximum Gasteiger partial charge on any atom is 0.339 e. The minimum atomic E-state index is -2.19. The van der Waals surface area contributed by atoms with Gasteiger partial charge >= 0.3 is 53.7 Å². The second-order valence-corrected chi connectivity index (χ2v) is 15.7. The molecule has 29 heteroatoms. The van der Waals surface area contributed by atoms with Gasteiger partial charge in [0.1, 0.15) is 62.0 Å². The molecule has 0 radical (unpaired) electrons. The lowest BCUT2D eigenvalue weighted by Gasteiger charge is -2.45. The predicted octanol–water partition coefficient (Wildman–Crippen LogP) is -5.42. The molecule has 6 N–H and O–H groups in total. The molecule has 0 aromatic carbocycles. The second-order valence-electron chi connectivity index (χ2n) is 15.7. The summed E-state index contributed by atoms with van der Waals surface area (Å²) in [5, 5.41) is 64.7. The maximum atomic E-state index is 13.6. The first-order valence-electron chi connectivity index (χ1n) is 20.6. The number of ether oxygens (including phenoxy) is 14. The normalized spacial score (nSPS) is 38.0. The molecule has 4 fully saturated rings. The molecule has 4 rings (SSSR count). The largest absolute Gasteiger partial charge is 0.461 e. The smallest absolute Gasteiger partial charge is 0.339 e. The van der Waals surface area contributed by atoms with Crippen LogP contribution >= 0.6 is 0 Å². The number of hydrogen-bond donors (Lipinski definition) is 6. The van der Waals surface area contributed by atoms with Gasteiger partial charge in [0, 0.05) is 48.5 Å². The highest BCUT2D eigenvalue weighted by molar-refractivity contribution is 5.78. The zero-order chi connectivity index (χ0) is 51.1. The molecule has 4 aliphatic rings. The molecule has 0 saturated carbocycles. The van der Waals surface area contributed by atoms with Crippen molar-refractivity contribution in [1.82, 2.24) is 0 Å². The lowest BCUT2D eigenvalue weighted by atomic mass is 9.91. The molecule has 20 atom stereocenters. The molecule has 4 aliphatic heterocycles. The molecule has 9 unspecified atom stereocenters. The summed E-state index contributed by atoms with van der Waals surface area (Å²) in [7, 11) is 0. The molecule has 0 aliphatic carbocycles. The van der Waals surface area contributed by atoms with Crippen LogP contribution in [0.15, 0.2) is 0 Å². The van der Waals surface area contributed by atoms with E-state index in [1.54, 1.807) is 0 Å². The van der Waals surface area contributed by atoms with Gasteiger partial charge in [0.05, 0.1) is 5.92 Å². The number of rotatable bonds is 15. The van der Waals surface area contributed by atoms with Crippen molar-refractivity contribution in [1.29, 1.82) is 0 Å². The lowest BCUT2D eigenvalue weighted by molar-refractivity contribution is -0.376. The summed E-state index contributed by atoms with van der Waals surface area (Å²) in [6.07, 6.45) is -37.0. The van der Waals surface area contributed by atoms with Gasteiger partial charge in [-0.2, -0.15) is 0 Å². The average molecular weight is 987 g/mol. The second kappa shape index (κ2) is 23.9. The Morgan fingerprint density at radius 1 is 0.368 bits per heavy atom. The van der Waals surface area contributed by atoms with Crippen molar-refractivity contribution in [2.24, 2.45) is 5.92 Å². The quantitative estimate of drug-likeness (QED) is 0.0659. The van der Waals surface area contributed by atoms with Crippen LogP contribution in [0.3, 0.4) is 0 Å². The Kier molecular flexibility index (Phi) is 19.4. The number of aliphatic hydroxyl groups excluding tert-OH is 6. The average Bonchev–Trinajstić information content (AvgIpc) is 3.23. The highest BCUT2D eigenvalue weighted by Gasteiger charge is 2.58. The van der Waals surface area contributed by atoms with E-state index >= 15 is 0 Å². The van der Waals surface area contributed by atoms with E-state index in [9.17, 15) is 73.8 Å². The van der Waals surface area contributed by atoms with E-state index in [4.69, 9.17) is 66.3 Å². The summed E-state index contributed by atoms with van der Waals surface area (Å²) in [4.78, 5) is 111. The van der Waals surface area contributed by atoms with Crippen molar-refractivity contribution >= 4 is 53.7 Å². The first kappa shape index (κ1) is 55.4. The van der Waals surface area contributed by atoms with E-state index in [1.807, 2.05) is 0 Å². The standard InChI is InChI=1S/C39H54O29/c1-11-27(57-12(2)40)28(58-13(3)41)31(66-36(11)62-17(7)45)34(53)55-9-19-21(47)23(49)25(51)37(64-19)68-38-26(52)24(50)22(48)20(65-38)10-56-35(54)32-29(59-14(4)42)30(60-15(5)43)33(61-16(6)44)39(67-32)63-18(8)46/h11,19-33,36-39,47-52H,9-10H2,1-8H3/t11?,19?,20?,21-,22-,23?,24-,25?,26?,27+,28+,29-,30?,31?,32?,33+,36+,37-,38-,39-/m0/s1. The summed E-state index contributed by atoms with van der Waals surface area (Å²) in [5.74, 6) is -10.7. The van der Waals surface area contributed by atoms with Crippen LogP contribution in [-0.2, 0) is 109 Å². The van der Waals surface area contributed by atoms with Gasteiger partial charge in [-0.25, -0.2) is 9.59 Å². The van der Waals surface area contributed by atoms with E-state index in [2.05, 4.69) is 0 Å². The Morgan fingerprint density at radius 3 is 1.09 bits per heavy atom. The Labute approximate surface area is 384 Å². The highest BCUT2D eigenvalue weighted by atomic mass is 16.8. The van der Waals surface area contributed by atoms with E-state index in [-0.39, 0.29) is 0 Å². The molecule has 0 bridgehead atoms. The van der Waals surface area contributed by atoms with Crippen LogP contribution in [0.4, 0.5) is 0 Å². The molecule has 0 aromatic rings. The molecular formula is C39H54O29. The summed E-state index contributed by atoms with van der Waals surface area (Å²) < 4.78 is 74.5. The molecule has 4 saturated heterocycles. The van der Waals surface area contributed by atoms with E-state index < -0.39 is 190 Å². The van der Waals surface area contributed by atoms with Crippen molar-refractivity contribution in [2.45, 2.75) is 172 Å². The first-order chi connectivity index (χ1) is 31.7. The minimum absolute atomic E-state index is 0.869. The molecule has 384 valence electrons. The van der Waals surface area contributed by atoms with Gasteiger partial charge in [-0.3, -0.25) is 33.6 Å². The van der Waals surface area contributed by atoms with Crippen LogP contribution in [0.2, 0.25) is 0 Å². The summed E-state index contributed by atoms with van der Waals surface area (Å²) in [6.45, 7) is 6.04. The molecule has 0 spiro atoms. The van der Waals surface area contributed by atoms with Crippen LogP contribution < -0.4 is 0 Å². The van der Waals surface area contributed by atoms with Gasteiger partial charge in [-0.1, -0.05) is 6.92 Å². The highest BCUT2D eigenvalue weighted by Crippen LogP contribution is 2.34. The topological polar surface area (TPSA) is 404 Å². The summed E-state index contributed by atoms with van der Waals surface area (Å²) in [5.41, 5.74) is 0. The Morgan fingerprint density at radius 2 is 0.691 bits per heavy atom. The fourth-order valence-electron chi connectivity index (χ4n) is 7.33. The molecular weight excluding hydrogens is 932 g/mol. The number of carbonyl (C=O) groups is 9. The van der Waals surface area contributed by atoms with Crippen molar-refractivity contribution < 1.29 is 140 Å².